The molecule has 14 heteroatoms. The van der Waals surface area contributed by atoms with Crippen molar-refractivity contribution in [3.63, 3.8) is 0 Å². The molecule has 2 aromatic rings. The van der Waals surface area contributed by atoms with Crippen molar-refractivity contribution >= 4 is 80.0 Å². The third-order valence-corrected chi connectivity index (χ3v) is 9.39. The summed E-state index contributed by atoms with van der Waals surface area (Å²) in [5.41, 5.74) is 0.290. The lowest BCUT2D eigenvalue weighted by Crippen LogP contribution is -2.55. The van der Waals surface area contributed by atoms with Gasteiger partial charge in [-0.1, -0.05) is 34.8 Å². The van der Waals surface area contributed by atoms with Crippen molar-refractivity contribution in [1.29, 1.82) is 0 Å². The molecule has 4 rings (SSSR count). The van der Waals surface area contributed by atoms with Gasteiger partial charge >= 0.3 is 0 Å². The number of hydrogen-bond acceptors (Lipinski definition) is 6. The van der Waals surface area contributed by atoms with Crippen molar-refractivity contribution in [3.8, 4) is 0 Å². The highest BCUT2D eigenvalue weighted by atomic mass is 35.5. The molecule has 0 spiro atoms. The number of benzene rings is 1. The molecule has 2 N–H and O–H groups in total. The SMILES string of the molecule is O=C(NC[C@H]1CCCN1C(=O)CN1CCC[C@H](NS(=O)(=O)/C=C/c2ccc(Cl)s2)C1=O)c1ccc(Cl)cc1Cl. The maximum Gasteiger partial charge on any atom is 0.252 e. The van der Waals surface area contributed by atoms with E-state index in [0.29, 0.717) is 52.2 Å². The first-order chi connectivity index (χ1) is 18.5. The highest BCUT2D eigenvalue weighted by Crippen LogP contribution is 2.24. The smallest absolute Gasteiger partial charge is 0.252 e. The number of nitrogens with one attached hydrogen (secondary N) is 2. The summed E-state index contributed by atoms with van der Waals surface area (Å²) in [7, 11) is -3.89. The van der Waals surface area contributed by atoms with Gasteiger partial charge in [-0.05, 0) is 62.1 Å². The molecule has 2 aliphatic rings. The quantitative estimate of drug-likeness (QED) is 0.433. The second-order valence-electron chi connectivity index (χ2n) is 9.28. The fourth-order valence-corrected chi connectivity index (χ4v) is 7.19. The average molecular weight is 634 g/mol. The summed E-state index contributed by atoms with van der Waals surface area (Å²) in [4.78, 5) is 42.5. The molecule has 2 aliphatic heterocycles. The molecule has 210 valence electrons. The van der Waals surface area contributed by atoms with E-state index in [1.807, 2.05) is 0 Å². The van der Waals surface area contributed by atoms with E-state index in [2.05, 4.69) is 10.0 Å². The zero-order valence-corrected chi connectivity index (χ0v) is 24.6. The molecule has 0 saturated carbocycles. The highest BCUT2D eigenvalue weighted by Gasteiger charge is 2.35. The van der Waals surface area contributed by atoms with Crippen LogP contribution in [0.15, 0.2) is 35.7 Å². The van der Waals surface area contributed by atoms with Crippen LogP contribution >= 0.6 is 46.1 Å². The van der Waals surface area contributed by atoms with E-state index in [1.165, 1.54) is 34.4 Å². The molecular weight excluding hydrogens is 607 g/mol. The van der Waals surface area contributed by atoms with Crippen LogP contribution < -0.4 is 10.0 Å². The van der Waals surface area contributed by atoms with Gasteiger partial charge in [-0.15, -0.1) is 11.3 Å². The molecule has 39 heavy (non-hydrogen) atoms. The molecule has 3 heterocycles. The van der Waals surface area contributed by atoms with Gasteiger partial charge in [0.2, 0.25) is 21.8 Å². The van der Waals surface area contributed by atoms with Gasteiger partial charge in [-0.3, -0.25) is 14.4 Å². The van der Waals surface area contributed by atoms with Crippen LogP contribution in [0.3, 0.4) is 0 Å². The van der Waals surface area contributed by atoms with Gasteiger partial charge in [0.25, 0.3) is 5.91 Å². The molecule has 1 aromatic heterocycles. The Morgan fingerprint density at radius 3 is 2.56 bits per heavy atom. The number of halogens is 3. The Bertz CT molecular complexity index is 1380. The Kier molecular flexibility index (Phi) is 9.95. The first-order valence-electron chi connectivity index (χ1n) is 12.3. The van der Waals surface area contributed by atoms with Crippen LogP contribution in [0.1, 0.15) is 40.9 Å². The molecule has 1 aromatic carbocycles. The Morgan fingerprint density at radius 1 is 1.08 bits per heavy atom. The Balaban J connectivity index is 1.31. The number of rotatable bonds is 9. The van der Waals surface area contributed by atoms with Crippen molar-refractivity contribution < 1.29 is 22.8 Å². The van der Waals surface area contributed by atoms with Gasteiger partial charge in [-0.2, -0.15) is 4.72 Å². The number of thiophene rings is 1. The third-order valence-electron chi connectivity index (χ3n) is 6.54. The van der Waals surface area contributed by atoms with Gasteiger partial charge in [-0.25, -0.2) is 8.42 Å². The molecule has 0 bridgehead atoms. The highest BCUT2D eigenvalue weighted by molar-refractivity contribution is 7.92. The van der Waals surface area contributed by atoms with E-state index in [1.54, 1.807) is 23.1 Å². The van der Waals surface area contributed by atoms with Crippen molar-refractivity contribution in [2.45, 2.75) is 37.8 Å². The van der Waals surface area contributed by atoms with Crippen LogP contribution in [0.2, 0.25) is 14.4 Å². The van der Waals surface area contributed by atoms with Gasteiger partial charge in [0, 0.05) is 41.0 Å². The summed E-state index contributed by atoms with van der Waals surface area (Å²) in [6.07, 6.45) is 3.79. The Morgan fingerprint density at radius 2 is 1.85 bits per heavy atom. The van der Waals surface area contributed by atoms with E-state index in [-0.39, 0.29) is 36.0 Å². The predicted molar refractivity (Wildman–Crippen MR) is 154 cm³/mol. The maximum atomic E-state index is 13.2. The fraction of sp³-hybridized carbons (Fsp3) is 0.400. The molecule has 2 saturated heterocycles. The van der Waals surface area contributed by atoms with Crippen LogP contribution in [0.4, 0.5) is 0 Å². The molecule has 0 aliphatic carbocycles. The van der Waals surface area contributed by atoms with Crippen LogP contribution in [0, 0.1) is 0 Å². The minimum atomic E-state index is -3.89. The van der Waals surface area contributed by atoms with Gasteiger partial charge in [0.05, 0.1) is 21.5 Å². The number of hydrogen-bond donors (Lipinski definition) is 2. The molecule has 2 atom stereocenters. The summed E-state index contributed by atoms with van der Waals surface area (Å²) < 4.78 is 28.1. The summed E-state index contributed by atoms with van der Waals surface area (Å²) >= 11 is 19.1. The number of nitrogens with zero attached hydrogens (tertiary/aromatic N) is 2. The van der Waals surface area contributed by atoms with E-state index >= 15 is 0 Å². The summed E-state index contributed by atoms with van der Waals surface area (Å²) in [6.45, 7) is 0.947. The fourth-order valence-electron chi connectivity index (χ4n) is 4.63. The first kappa shape index (κ1) is 29.8. The van der Waals surface area contributed by atoms with Crippen LogP contribution in [-0.2, 0) is 19.6 Å². The van der Waals surface area contributed by atoms with E-state index < -0.39 is 22.0 Å². The summed E-state index contributed by atoms with van der Waals surface area (Å²) in [5, 5.41) is 4.49. The minimum absolute atomic E-state index is 0.159. The third kappa shape index (κ3) is 7.96. The zero-order chi connectivity index (χ0) is 28.2. The predicted octanol–water partition coefficient (Wildman–Crippen LogP) is 4.01. The van der Waals surface area contributed by atoms with Crippen molar-refractivity contribution in [2.75, 3.05) is 26.2 Å². The summed E-state index contributed by atoms with van der Waals surface area (Å²) in [5.74, 6) is -1.05. The lowest BCUT2D eigenvalue weighted by atomic mass is 10.1. The second kappa shape index (κ2) is 13.0. The lowest BCUT2D eigenvalue weighted by Gasteiger charge is -2.34. The van der Waals surface area contributed by atoms with Crippen molar-refractivity contribution in [1.82, 2.24) is 19.8 Å². The van der Waals surface area contributed by atoms with Crippen LogP contribution in [-0.4, -0.2) is 74.2 Å². The van der Waals surface area contributed by atoms with Crippen molar-refractivity contribution in [3.05, 3.63) is 60.6 Å². The number of likely N-dealkylation sites (tertiary alicyclic amines) is 2. The average Bonchev–Trinajstić information content (AvgIpc) is 3.52. The topological polar surface area (TPSA) is 116 Å². The van der Waals surface area contributed by atoms with E-state index in [9.17, 15) is 22.8 Å². The molecule has 0 unspecified atom stereocenters. The van der Waals surface area contributed by atoms with Gasteiger partial charge in [0.15, 0.2) is 0 Å². The monoisotopic (exact) mass is 632 g/mol. The Hall–Kier alpha value is -2.15. The van der Waals surface area contributed by atoms with Crippen LogP contribution in [0.5, 0.6) is 0 Å². The number of carbonyl (C=O) groups excluding carboxylic acids is 3. The number of piperidine rings is 1. The standard InChI is InChI=1S/C25H27Cl3N4O5S2/c26-16-5-7-19(20(27)13-16)24(34)29-14-17-3-1-11-32(17)23(33)15-31-10-2-4-21(25(31)35)30-39(36,37)12-9-18-6-8-22(28)38-18/h5-9,12-13,17,21,30H,1-4,10-11,14-15H2,(H,29,34)/b12-9+/t17-,21+/m1/s1. The minimum Gasteiger partial charge on any atom is -0.350 e. The Labute approximate surface area is 246 Å². The largest absolute Gasteiger partial charge is 0.350 e. The molecule has 0 radical (unpaired) electrons. The lowest BCUT2D eigenvalue weighted by molar-refractivity contribution is -0.143. The van der Waals surface area contributed by atoms with E-state index in [4.69, 9.17) is 34.8 Å². The first-order valence-corrected chi connectivity index (χ1v) is 15.8. The normalized spacial score (nSPS) is 20.1. The number of sulfonamides is 1. The number of amides is 3. The molecular formula is C25H27Cl3N4O5S2. The van der Waals surface area contributed by atoms with E-state index in [0.717, 1.165) is 11.8 Å². The molecule has 3 amide bonds. The number of carbonyl (C=O) groups is 3. The second-order valence-corrected chi connectivity index (χ2v) is 13.5. The summed E-state index contributed by atoms with van der Waals surface area (Å²) in [6, 6.07) is 6.79. The van der Waals surface area contributed by atoms with Crippen LogP contribution in [0.25, 0.3) is 6.08 Å². The zero-order valence-electron chi connectivity index (χ0n) is 20.7. The molecule has 2 fully saturated rings. The maximum absolute atomic E-state index is 13.2. The van der Waals surface area contributed by atoms with Gasteiger partial charge in [0.1, 0.15) is 6.04 Å². The van der Waals surface area contributed by atoms with Crippen molar-refractivity contribution in [2.24, 2.45) is 0 Å². The molecule has 9 nitrogen and oxygen atoms in total. The van der Waals surface area contributed by atoms with Gasteiger partial charge < -0.3 is 15.1 Å².